The SMILES string of the molecule is CC(C)(C)OC(=O)N1C[C@@H](CCc2c(F)cccc2NC(=O)CC(c2ccc(S(C)(=O)=O)cc2)c2cccc(F)c2)OC[C@H]1COC(=O)NCC(F)(F)F. The number of carbonyl (C=O) groups is 3. The predicted molar refractivity (Wildman–Crippen MR) is 188 cm³/mol. The molecule has 1 heterocycles. The van der Waals surface area contributed by atoms with E-state index in [0.717, 1.165) is 6.26 Å². The van der Waals surface area contributed by atoms with E-state index in [1.54, 1.807) is 44.3 Å². The number of sulfone groups is 1. The van der Waals surface area contributed by atoms with Crippen LogP contribution >= 0.6 is 0 Å². The normalized spacial score (nSPS) is 17.0. The van der Waals surface area contributed by atoms with Crippen LogP contribution in [0.1, 0.15) is 56.2 Å². The molecule has 3 aromatic carbocycles. The highest BCUT2D eigenvalue weighted by Crippen LogP contribution is 2.31. The molecule has 1 unspecified atom stereocenters. The molecule has 4 rings (SSSR count). The lowest BCUT2D eigenvalue weighted by Crippen LogP contribution is -2.55. The Labute approximate surface area is 310 Å². The Bertz CT molecular complexity index is 1900. The van der Waals surface area contributed by atoms with Gasteiger partial charge >= 0.3 is 18.4 Å². The van der Waals surface area contributed by atoms with E-state index >= 15 is 4.39 Å². The number of alkyl carbamates (subject to hydrolysis) is 1. The van der Waals surface area contributed by atoms with Crippen molar-refractivity contribution in [3.05, 3.63) is 95.1 Å². The van der Waals surface area contributed by atoms with E-state index in [0.29, 0.717) is 11.1 Å². The van der Waals surface area contributed by atoms with E-state index in [1.165, 1.54) is 53.4 Å². The molecule has 3 amide bonds. The summed E-state index contributed by atoms with van der Waals surface area (Å²) < 4.78 is 107. The highest BCUT2D eigenvalue weighted by atomic mass is 32.2. The van der Waals surface area contributed by atoms with E-state index in [-0.39, 0.29) is 48.6 Å². The Hall–Kier alpha value is -4.77. The first kappa shape index (κ1) is 42.0. The Morgan fingerprint density at radius 3 is 2.30 bits per heavy atom. The number of morpholine rings is 1. The molecule has 0 spiro atoms. The standard InChI is InChI=1S/C37H42F5N3O8S/c1-36(2,3)53-35(48)45-19-27(51-20-26(45)21-52-34(47)43-22-37(40,41)42)13-16-29-31(39)9-6-10-32(29)44-33(46)18-30(24-7-5-8-25(38)17-24)23-11-14-28(15-12-23)54(4,49)50/h5-12,14-15,17,26-27,30H,13,16,18-22H2,1-4H3,(H,43,47)(H,44,46)/t26-,27+,30?/m0/s1. The molecule has 0 saturated carbocycles. The molecule has 17 heteroatoms. The van der Waals surface area contributed by atoms with Gasteiger partial charge in [-0.25, -0.2) is 26.8 Å². The molecule has 1 saturated heterocycles. The van der Waals surface area contributed by atoms with Crippen LogP contribution in [0.3, 0.4) is 0 Å². The summed E-state index contributed by atoms with van der Waals surface area (Å²) in [4.78, 5) is 39.8. The topological polar surface area (TPSA) is 140 Å². The summed E-state index contributed by atoms with van der Waals surface area (Å²) in [5.41, 5.74) is 0.420. The molecule has 11 nitrogen and oxygen atoms in total. The summed E-state index contributed by atoms with van der Waals surface area (Å²) in [6.45, 7) is 2.57. The zero-order chi connectivity index (χ0) is 39.8. The maximum atomic E-state index is 15.3. The number of hydrogen-bond donors (Lipinski definition) is 2. The van der Waals surface area contributed by atoms with Crippen LogP contribution in [-0.2, 0) is 35.3 Å². The minimum absolute atomic E-state index is 0.0381. The summed E-state index contributed by atoms with van der Waals surface area (Å²) in [5, 5.41) is 4.34. The van der Waals surface area contributed by atoms with Crippen molar-refractivity contribution < 1.29 is 59.0 Å². The number of alkyl halides is 3. The molecule has 3 atom stereocenters. The van der Waals surface area contributed by atoms with E-state index in [4.69, 9.17) is 14.2 Å². The van der Waals surface area contributed by atoms with Crippen LogP contribution in [0.4, 0.5) is 37.2 Å². The minimum Gasteiger partial charge on any atom is -0.447 e. The Morgan fingerprint density at radius 1 is 0.981 bits per heavy atom. The lowest BCUT2D eigenvalue weighted by Gasteiger charge is -2.39. The molecular weight excluding hydrogens is 741 g/mol. The number of hydrogen-bond acceptors (Lipinski definition) is 8. The molecule has 1 fully saturated rings. The number of ether oxygens (including phenoxy) is 3. The third kappa shape index (κ3) is 12.7. The highest BCUT2D eigenvalue weighted by Gasteiger charge is 2.36. The Balaban J connectivity index is 1.46. The van der Waals surface area contributed by atoms with Crippen LogP contribution in [0.25, 0.3) is 0 Å². The van der Waals surface area contributed by atoms with Crippen molar-refractivity contribution in [1.82, 2.24) is 10.2 Å². The number of amides is 3. The van der Waals surface area contributed by atoms with Crippen LogP contribution < -0.4 is 10.6 Å². The molecule has 0 bridgehead atoms. The average molecular weight is 784 g/mol. The molecular formula is C37H42F5N3O8S. The monoisotopic (exact) mass is 783 g/mol. The van der Waals surface area contributed by atoms with E-state index in [2.05, 4.69) is 5.32 Å². The van der Waals surface area contributed by atoms with Gasteiger partial charge < -0.3 is 24.8 Å². The van der Waals surface area contributed by atoms with Crippen LogP contribution in [-0.4, -0.2) is 87.9 Å². The molecule has 2 N–H and O–H groups in total. The van der Waals surface area contributed by atoms with E-state index in [9.17, 15) is 40.4 Å². The van der Waals surface area contributed by atoms with E-state index < -0.39 is 82.6 Å². The quantitative estimate of drug-likeness (QED) is 0.192. The number of benzene rings is 3. The fraction of sp³-hybridized carbons (Fsp3) is 0.432. The van der Waals surface area contributed by atoms with Crippen LogP contribution in [0.2, 0.25) is 0 Å². The number of nitrogens with one attached hydrogen (secondary N) is 2. The number of halogens is 5. The highest BCUT2D eigenvalue weighted by molar-refractivity contribution is 7.90. The second-order valence-electron chi connectivity index (χ2n) is 13.8. The van der Waals surface area contributed by atoms with Crippen molar-refractivity contribution in [2.24, 2.45) is 0 Å². The number of rotatable bonds is 12. The van der Waals surface area contributed by atoms with Gasteiger partial charge in [-0.2, -0.15) is 13.2 Å². The molecule has 0 aliphatic carbocycles. The lowest BCUT2D eigenvalue weighted by molar-refractivity contribution is -0.124. The molecule has 3 aromatic rings. The summed E-state index contributed by atoms with van der Waals surface area (Å²) in [6, 6.07) is 14.8. The Morgan fingerprint density at radius 2 is 1.67 bits per heavy atom. The summed E-state index contributed by atoms with van der Waals surface area (Å²) in [6.07, 6.45) is -6.38. The summed E-state index contributed by atoms with van der Waals surface area (Å²) in [5.74, 6) is -2.37. The van der Waals surface area contributed by atoms with Crippen molar-refractivity contribution in [2.45, 2.75) is 74.8 Å². The number of anilines is 1. The van der Waals surface area contributed by atoms with Crippen LogP contribution in [0.5, 0.6) is 0 Å². The van der Waals surface area contributed by atoms with E-state index in [1.807, 2.05) is 0 Å². The lowest BCUT2D eigenvalue weighted by atomic mass is 9.88. The largest absolute Gasteiger partial charge is 0.447 e. The second-order valence-corrected chi connectivity index (χ2v) is 15.8. The maximum absolute atomic E-state index is 15.3. The molecule has 1 aliphatic heterocycles. The second kappa shape index (κ2) is 17.6. The fourth-order valence-electron chi connectivity index (χ4n) is 5.73. The van der Waals surface area contributed by atoms with Gasteiger partial charge in [0.25, 0.3) is 0 Å². The third-order valence-electron chi connectivity index (χ3n) is 8.29. The van der Waals surface area contributed by atoms with Crippen LogP contribution in [0.15, 0.2) is 71.6 Å². The van der Waals surface area contributed by atoms with Gasteiger partial charge in [-0.15, -0.1) is 0 Å². The van der Waals surface area contributed by atoms with Gasteiger partial charge in [0.1, 0.15) is 30.4 Å². The first-order valence-electron chi connectivity index (χ1n) is 16.9. The number of carbonyl (C=O) groups excluding carboxylic acids is 3. The first-order chi connectivity index (χ1) is 25.2. The van der Waals surface area contributed by atoms with Gasteiger partial charge in [-0.05, 0) is 81.1 Å². The Kier molecular flexibility index (Phi) is 13.7. The van der Waals surface area contributed by atoms with Gasteiger partial charge in [0, 0.05) is 29.8 Å². The third-order valence-corrected chi connectivity index (χ3v) is 9.42. The van der Waals surface area contributed by atoms with Gasteiger partial charge in [0.2, 0.25) is 5.91 Å². The smallest absolute Gasteiger partial charge is 0.410 e. The van der Waals surface area contributed by atoms with Crippen molar-refractivity contribution in [3.63, 3.8) is 0 Å². The average Bonchev–Trinajstić information content (AvgIpc) is 3.07. The van der Waals surface area contributed by atoms with Gasteiger partial charge in [0.05, 0.1) is 30.2 Å². The van der Waals surface area contributed by atoms with Crippen molar-refractivity contribution in [3.8, 4) is 0 Å². The molecule has 0 radical (unpaired) electrons. The van der Waals surface area contributed by atoms with Crippen molar-refractivity contribution >= 4 is 33.6 Å². The molecule has 294 valence electrons. The molecule has 0 aromatic heterocycles. The zero-order valence-corrected chi connectivity index (χ0v) is 30.9. The van der Waals surface area contributed by atoms with Gasteiger partial charge in [0.15, 0.2) is 9.84 Å². The predicted octanol–water partition coefficient (Wildman–Crippen LogP) is 6.75. The first-order valence-corrected chi connectivity index (χ1v) is 18.8. The summed E-state index contributed by atoms with van der Waals surface area (Å²) >= 11 is 0. The van der Waals surface area contributed by atoms with Crippen molar-refractivity contribution in [2.75, 3.05) is 37.9 Å². The molecule has 1 aliphatic rings. The number of nitrogens with zero attached hydrogens (tertiary/aromatic N) is 1. The van der Waals surface area contributed by atoms with Gasteiger partial charge in [-0.3, -0.25) is 9.69 Å². The summed E-state index contributed by atoms with van der Waals surface area (Å²) in [7, 11) is -3.49. The van der Waals surface area contributed by atoms with Gasteiger partial charge in [-0.1, -0.05) is 30.3 Å². The van der Waals surface area contributed by atoms with Crippen LogP contribution in [0, 0.1) is 11.6 Å². The molecule has 54 heavy (non-hydrogen) atoms. The fourth-order valence-corrected chi connectivity index (χ4v) is 6.36. The maximum Gasteiger partial charge on any atom is 0.410 e. The van der Waals surface area contributed by atoms with Crippen molar-refractivity contribution in [1.29, 1.82) is 0 Å². The zero-order valence-electron chi connectivity index (χ0n) is 30.0. The minimum atomic E-state index is -4.65.